The highest BCUT2D eigenvalue weighted by Gasteiger charge is 2.08. The lowest BCUT2D eigenvalue weighted by atomic mass is 10.1. The van der Waals surface area contributed by atoms with Crippen molar-refractivity contribution in [2.45, 2.75) is 6.92 Å². The fourth-order valence-electron chi connectivity index (χ4n) is 2.33. The lowest BCUT2D eigenvalue weighted by Gasteiger charge is -2.11. The van der Waals surface area contributed by atoms with E-state index in [0.717, 1.165) is 22.2 Å². The number of hydrogen-bond donors (Lipinski definition) is 2. The predicted molar refractivity (Wildman–Crippen MR) is 97.7 cm³/mol. The van der Waals surface area contributed by atoms with Gasteiger partial charge in [0, 0.05) is 39.4 Å². The molecule has 1 heterocycles. The van der Waals surface area contributed by atoms with Crippen LogP contribution in [-0.4, -0.2) is 31.8 Å². The van der Waals surface area contributed by atoms with Crippen LogP contribution in [0.2, 0.25) is 0 Å². The summed E-state index contributed by atoms with van der Waals surface area (Å²) in [5, 5.41) is 13.7. The zero-order valence-electron chi connectivity index (χ0n) is 13.6. The van der Waals surface area contributed by atoms with E-state index in [9.17, 15) is 9.32 Å². The van der Waals surface area contributed by atoms with E-state index in [1.807, 2.05) is 25.1 Å². The van der Waals surface area contributed by atoms with Crippen LogP contribution in [0.15, 0.2) is 47.1 Å². The Morgan fingerprint density at radius 1 is 1.12 bits per heavy atom. The minimum absolute atomic E-state index is 0.175. The fraction of sp³-hybridized carbons (Fsp3) is 0.176. The number of aromatic hydroxyl groups is 1. The summed E-state index contributed by atoms with van der Waals surface area (Å²) in [6.07, 6.45) is 4.66. The van der Waals surface area contributed by atoms with E-state index in [-0.39, 0.29) is 5.75 Å². The second kappa shape index (κ2) is 6.09. The molecule has 2 aromatic carbocycles. The summed E-state index contributed by atoms with van der Waals surface area (Å²) >= 11 is 0. The number of aryl methyl sites for hydroxylation is 1. The van der Waals surface area contributed by atoms with Gasteiger partial charge in [0.1, 0.15) is 17.9 Å². The summed E-state index contributed by atoms with van der Waals surface area (Å²) in [4.78, 5) is 8.54. The average Bonchev–Trinajstić information content (AvgIpc) is 2.50. The van der Waals surface area contributed by atoms with Crippen LogP contribution in [0.3, 0.4) is 0 Å². The number of aromatic nitrogens is 2. The molecule has 0 aliphatic rings. The predicted octanol–water partition coefficient (Wildman–Crippen LogP) is 3.75. The molecule has 0 unspecified atom stereocenters. The van der Waals surface area contributed by atoms with Gasteiger partial charge in [0.15, 0.2) is 0 Å². The molecule has 0 bridgehead atoms. The Balaban J connectivity index is 2.12. The molecule has 3 aromatic rings. The van der Waals surface area contributed by atoms with Crippen LogP contribution in [0.5, 0.6) is 5.75 Å². The monoisotopic (exact) mass is 342 g/mol. The molecule has 7 heteroatoms. The number of phenolic OH excluding ortho intramolecular Hbond substituents is 1. The molecule has 0 saturated heterocycles. The SMILES string of the molecule is Cc1ccc(O)cc1Nc1ncnc2ccc(N=S(C)(C)=O)cc12. The van der Waals surface area contributed by atoms with Crippen LogP contribution in [0.25, 0.3) is 10.9 Å². The molecule has 2 N–H and O–H groups in total. The zero-order chi connectivity index (χ0) is 17.3. The maximum absolute atomic E-state index is 11.9. The molecule has 0 fully saturated rings. The largest absolute Gasteiger partial charge is 0.508 e. The molecule has 0 radical (unpaired) electrons. The van der Waals surface area contributed by atoms with Gasteiger partial charge in [-0.1, -0.05) is 6.07 Å². The van der Waals surface area contributed by atoms with Gasteiger partial charge in [-0.2, -0.15) is 4.36 Å². The minimum atomic E-state index is -2.25. The molecular formula is C17H18N4O2S. The van der Waals surface area contributed by atoms with Gasteiger partial charge in [0.05, 0.1) is 11.2 Å². The number of phenols is 1. The van der Waals surface area contributed by atoms with Gasteiger partial charge in [-0.3, -0.25) is 0 Å². The number of benzene rings is 2. The normalized spacial score (nSPS) is 11.5. The van der Waals surface area contributed by atoms with E-state index >= 15 is 0 Å². The van der Waals surface area contributed by atoms with Crippen molar-refractivity contribution in [3.8, 4) is 5.75 Å². The quantitative estimate of drug-likeness (QED) is 0.757. The summed E-state index contributed by atoms with van der Waals surface area (Å²) in [7, 11) is -2.25. The minimum Gasteiger partial charge on any atom is -0.508 e. The summed E-state index contributed by atoms with van der Waals surface area (Å²) in [6, 6.07) is 10.5. The van der Waals surface area contributed by atoms with Crippen molar-refractivity contribution in [1.82, 2.24) is 9.97 Å². The van der Waals surface area contributed by atoms with Crippen molar-refractivity contribution in [1.29, 1.82) is 0 Å². The second-order valence-corrected chi connectivity index (χ2v) is 8.37. The Hall–Kier alpha value is -2.67. The van der Waals surface area contributed by atoms with Crippen LogP contribution in [0, 0.1) is 6.92 Å². The summed E-state index contributed by atoms with van der Waals surface area (Å²) in [5.74, 6) is 0.776. The van der Waals surface area contributed by atoms with Crippen LogP contribution in [0.1, 0.15) is 5.56 Å². The highest BCUT2D eigenvalue weighted by molar-refractivity contribution is 7.92. The first-order valence-electron chi connectivity index (χ1n) is 7.30. The van der Waals surface area contributed by atoms with Gasteiger partial charge < -0.3 is 10.4 Å². The number of fused-ring (bicyclic) bond motifs is 1. The Bertz CT molecular complexity index is 1030. The van der Waals surface area contributed by atoms with E-state index in [1.54, 1.807) is 30.7 Å². The molecule has 0 spiro atoms. The Morgan fingerprint density at radius 2 is 1.92 bits per heavy atom. The third-order valence-corrected chi connectivity index (χ3v) is 4.07. The van der Waals surface area contributed by atoms with Crippen LogP contribution >= 0.6 is 0 Å². The van der Waals surface area contributed by atoms with E-state index in [1.165, 1.54) is 6.33 Å². The summed E-state index contributed by atoms with van der Waals surface area (Å²) < 4.78 is 16.1. The van der Waals surface area contributed by atoms with Gasteiger partial charge in [-0.05, 0) is 36.8 Å². The molecule has 3 rings (SSSR count). The molecule has 0 amide bonds. The molecule has 0 saturated carbocycles. The molecular weight excluding hydrogens is 324 g/mol. The van der Waals surface area contributed by atoms with Crippen molar-refractivity contribution >= 4 is 37.8 Å². The van der Waals surface area contributed by atoms with Crippen molar-refractivity contribution in [3.05, 3.63) is 48.3 Å². The number of rotatable bonds is 3. The standard InChI is InChI=1S/C17H18N4O2S/c1-11-4-6-13(22)9-16(11)20-17-14-8-12(21-24(2,3)23)5-7-15(14)18-10-19-17/h4-10,22H,1-3H3,(H,18,19,20). The van der Waals surface area contributed by atoms with E-state index in [2.05, 4.69) is 19.6 Å². The zero-order valence-corrected chi connectivity index (χ0v) is 14.5. The highest BCUT2D eigenvalue weighted by Crippen LogP contribution is 2.29. The first-order valence-corrected chi connectivity index (χ1v) is 9.63. The van der Waals surface area contributed by atoms with Crippen LogP contribution in [0.4, 0.5) is 17.2 Å². The smallest absolute Gasteiger partial charge is 0.141 e. The van der Waals surface area contributed by atoms with E-state index in [0.29, 0.717) is 11.5 Å². The maximum atomic E-state index is 11.9. The first kappa shape index (κ1) is 16.2. The van der Waals surface area contributed by atoms with E-state index < -0.39 is 9.73 Å². The summed E-state index contributed by atoms with van der Waals surface area (Å²) in [5.41, 5.74) is 3.10. The first-order chi connectivity index (χ1) is 11.3. The Morgan fingerprint density at radius 3 is 2.67 bits per heavy atom. The Labute approximate surface area is 140 Å². The molecule has 124 valence electrons. The van der Waals surface area contributed by atoms with Gasteiger partial charge in [-0.15, -0.1) is 0 Å². The van der Waals surface area contributed by atoms with Gasteiger partial charge >= 0.3 is 0 Å². The van der Waals surface area contributed by atoms with Crippen molar-refractivity contribution in [2.24, 2.45) is 4.36 Å². The molecule has 6 nitrogen and oxygen atoms in total. The lowest BCUT2D eigenvalue weighted by Crippen LogP contribution is -1.97. The van der Waals surface area contributed by atoms with E-state index in [4.69, 9.17) is 0 Å². The highest BCUT2D eigenvalue weighted by atomic mass is 32.2. The topological polar surface area (TPSA) is 87.5 Å². The third kappa shape index (κ3) is 3.62. The van der Waals surface area contributed by atoms with Crippen LogP contribution < -0.4 is 5.32 Å². The van der Waals surface area contributed by atoms with Gasteiger partial charge in [0.2, 0.25) is 0 Å². The third-order valence-electron chi connectivity index (χ3n) is 3.42. The molecule has 0 atom stereocenters. The summed E-state index contributed by atoms with van der Waals surface area (Å²) in [6.45, 7) is 1.94. The fourth-order valence-corrected chi connectivity index (χ4v) is 2.95. The second-order valence-electron chi connectivity index (χ2n) is 5.82. The number of anilines is 2. The molecule has 0 aliphatic heterocycles. The molecule has 24 heavy (non-hydrogen) atoms. The molecule has 1 aromatic heterocycles. The average molecular weight is 342 g/mol. The lowest BCUT2D eigenvalue weighted by molar-refractivity contribution is 0.475. The maximum Gasteiger partial charge on any atom is 0.141 e. The van der Waals surface area contributed by atoms with Crippen LogP contribution in [-0.2, 0) is 9.73 Å². The van der Waals surface area contributed by atoms with Gasteiger partial charge in [-0.25, -0.2) is 14.2 Å². The van der Waals surface area contributed by atoms with Crippen molar-refractivity contribution in [3.63, 3.8) is 0 Å². The van der Waals surface area contributed by atoms with Crippen molar-refractivity contribution in [2.75, 3.05) is 17.8 Å². The molecule has 0 aliphatic carbocycles. The van der Waals surface area contributed by atoms with Gasteiger partial charge in [0.25, 0.3) is 0 Å². The van der Waals surface area contributed by atoms with Crippen molar-refractivity contribution < 1.29 is 9.32 Å². The number of nitrogens with one attached hydrogen (secondary N) is 1. The number of hydrogen-bond acceptors (Lipinski definition) is 6. The number of nitrogens with zero attached hydrogens (tertiary/aromatic N) is 3. The Kier molecular flexibility index (Phi) is 4.11.